The third kappa shape index (κ3) is 8.85. The van der Waals surface area contributed by atoms with E-state index in [1.165, 1.54) is 4.90 Å². The number of rotatable bonds is 10. The summed E-state index contributed by atoms with van der Waals surface area (Å²) in [5.41, 5.74) is 0.0447. The van der Waals surface area contributed by atoms with E-state index in [1.807, 2.05) is 42.5 Å². The number of aliphatic hydroxyl groups is 1. The zero-order valence-electron chi connectivity index (χ0n) is 24.3. The van der Waals surface area contributed by atoms with Gasteiger partial charge < -0.3 is 21.1 Å². The molecule has 3 amide bonds. The van der Waals surface area contributed by atoms with Gasteiger partial charge in [-0.3, -0.25) is 19.3 Å². The van der Waals surface area contributed by atoms with Crippen molar-refractivity contribution in [1.29, 1.82) is 0 Å². The van der Waals surface area contributed by atoms with Crippen LogP contribution in [0.3, 0.4) is 0 Å². The van der Waals surface area contributed by atoms with Crippen LogP contribution < -0.4 is 16.0 Å². The van der Waals surface area contributed by atoms with Crippen LogP contribution in [0.4, 0.5) is 0 Å². The molecular weight excluding hydrogens is 492 g/mol. The molecule has 0 aromatic heterocycles. The molecule has 0 bridgehead atoms. The second-order valence-corrected chi connectivity index (χ2v) is 12.9. The summed E-state index contributed by atoms with van der Waals surface area (Å²) in [7, 11) is 0. The number of nitrogens with zero attached hydrogens (tertiary/aromatic N) is 1. The average molecular weight is 539 g/mol. The first-order valence-electron chi connectivity index (χ1n) is 14.0. The predicted molar refractivity (Wildman–Crippen MR) is 155 cm³/mol. The summed E-state index contributed by atoms with van der Waals surface area (Å²) in [6.07, 6.45) is 0.824. The lowest BCUT2D eigenvalue weighted by molar-refractivity contribution is -0.157. The molecule has 0 radical (unpaired) electrons. The van der Waals surface area contributed by atoms with Crippen molar-refractivity contribution in [3.63, 3.8) is 0 Å². The molecule has 0 saturated carbocycles. The second-order valence-electron chi connectivity index (χ2n) is 12.9. The van der Waals surface area contributed by atoms with Gasteiger partial charge in [0, 0.05) is 31.5 Å². The lowest BCUT2D eigenvalue weighted by atomic mass is 9.91. The van der Waals surface area contributed by atoms with Gasteiger partial charge in [0.25, 0.3) is 0 Å². The molecule has 8 heteroatoms. The summed E-state index contributed by atoms with van der Waals surface area (Å²) >= 11 is 0. The summed E-state index contributed by atoms with van der Waals surface area (Å²) in [6, 6.07) is 12.3. The number of imide groups is 1. The fraction of sp³-hybridized carbons (Fsp3) is 0.581. The highest BCUT2D eigenvalue weighted by Gasteiger charge is 2.42. The lowest BCUT2D eigenvalue weighted by Crippen LogP contribution is -2.60. The van der Waals surface area contributed by atoms with Crippen LogP contribution in [-0.4, -0.2) is 72.1 Å². The number of hydrogen-bond acceptors (Lipinski definition) is 6. The number of aliphatic hydroxyl groups excluding tert-OH is 1. The van der Waals surface area contributed by atoms with Gasteiger partial charge in [-0.05, 0) is 41.1 Å². The number of hydrogen-bond donors (Lipinski definition) is 4. The summed E-state index contributed by atoms with van der Waals surface area (Å²) in [5, 5.41) is 21.8. The molecule has 0 spiro atoms. The van der Waals surface area contributed by atoms with E-state index >= 15 is 0 Å². The van der Waals surface area contributed by atoms with Gasteiger partial charge in [-0.1, -0.05) is 84.0 Å². The maximum Gasteiger partial charge on any atom is 0.247 e. The van der Waals surface area contributed by atoms with Crippen LogP contribution in [0.1, 0.15) is 59.9 Å². The van der Waals surface area contributed by atoms with E-state index in [2.05, 4.69) is 36.7 Å². The fourth-order valence-corrected chi connectivity index (χ4v) is 4.73. The van der Waals surface area contributed by atoms with Crippen molar-refractivity contribution in [1.82, 2.24) is 20.9 Å². The smallest absolute Gasteiger partial charge is 0.247 e. The summed E-state index contributed by atoms with van der Waals surface area (Å²) < 4.78 is 0. The van der Waals surface area contributed by atoms with Gasteiger partial charge in [0.1, 0.15) is 6.04 Å². The van der Waals surface area contributed by atoms with Crippen LogP contribution in [0.2, 0.25) is 0 Å². The molecule has 8 nitrogen and oxygen atoms in total. The monoisotopic (exact) mass is 538 g/mol. The Balaban J connectivity index is 1.88. The second kappa shape index (κ2) is 13.0. The predicted octanol–water partition coefficient (Wildman–Crippen LogP) is 3.02. The van der Waals surface area contributed by atoms with Crippen LogP contribution in [0.15, 0.2) is 42.5 Å². The molecule has 4 N–H and O–H groups in total. The molecule has 1 saturated heterocycles. The highest BCUT2D eigenvalue weighted by molar-refractivity contribution is 6.04. The van der Waals surface area contributed by atoms with Crippen LogP contribution >= 0.6 is 0 Å². The van der Waals surface area contributed by atoms with E-state index in [-0.39, 0.29) is 24.3 Å². The molecule has 1 aliphatic heterocycles. The molecule has 2 aromatic rings. The molecule has 39 heavy (non-hydrogen) atoms. The number of fused-ring (bicyclic) bond motifs is 1. The zero-order valence-corrected chi connectivity index (χ0v) is 24.3. The molecule has 1 heterocycles. The van der Waals surface area contributed by atoms with E-state index < -0.39 is 35.4 Å². The van der Waals surface area contributed by atoms with Crippen molar-refractivity contribution >= 4 is 28.5 Å². The van der Waals surface area contributed by atoms with E-state index in [1.54, 1.807) is 20.8 Å². The number of carbonyl (C=O) groups excluding carboxylic acids is 3. The van der Waals surface area contributed by atoms with Crippen LogP contribution in [0, 0.1) is 10.8 Å². The quantitative estimate of drug-likeness (QED) is 0.370. The third-order valence-corrected chi connectivity index (χ3v) is 6.86. The normalized spacial score (nSPS) is 17.6. The van der Waals surface area contributed by atoms with Crippen molar-refractivity contribution in [2.75, 3.05) is 26.2 Å². The van der Waals surface area contributed by atoms with E-state index in [4.69, 9.17) is 0 Å². The van der Waals surface area contributed by atoms with Gasteiger partial charge in [0.15, 0.2) is 0 Å². The number of carbonyl (C=O) groups is 3. The van der Waals surface area contributed by atoms with Crippen molar-refractivity contribution in [2.45, 2.75) is 79.0 Å². The highest BCUT2D eigenvalue weighted by atomic mass is 16.3. The van der Waals surface area contributed by atoms with E-state index in [9.17, 15) is 19.5 Å². The van der Waals surface area contributed by atoms with Crippen molar-refractivity contribution in [3.8, 4) is 0 Å². The van der Waals surface area contributed by atoms with Gasteiger partial charge in [-0.25, -0.2) is 0 Å². The minimum Gasteiger partial charge on any atom is -0.390 e. The molecule has 0 unspecified atom stereocenters. The summed E-state index contributed by atoms with van der Waals surface area (Å²) in [6.45, 7) is 13.3. The zero-order chi connectivity index (χ0) is 28.8. The summed E-state index contributed by atoms with van der Waals surface area (Å²) in [4.78, 5) is 42.4. The van der Waals surface area contributed by atoms with Crippen molar-refractivity contribution in [3.05, 3.63) is 48.0 Å². The number of benzene rings is 2. The first-order valence-corrected chi connectivity index (χ1v) is 14.0. The molecule has 3 rings (SSSR count). The molecule has 3 atom stereocenters. The minimum atomic E-state index is -1.05. The topological polar surface area (TPSA) is 111 Å². The van der Waals surface area contributed by atoms with Crippen LogP contribution in [0.5, 0.6) is 0 Å². The van der Waals surface area contributed by atoms with Gasteiger partial charge in [0.2, 0.25) is 17.7 Å². The largest absolute Gasteiger partial charge is 0.390 e. The first kappa shape index (κ1) is 30.7. The molecule has 2 aromatic carbocycles. The standard InChI is InChI=1S/C31H46N4O4/c1-30(2,3)20-32-18-24(36)19-34-27(37)26(17-21-13-14-22-10-7-8-11-23(22)16-21)35(29(39)31(4,5)6)28(38)25-12-9-15-33-25/h7-8,10-11,13-14,16,24-26,32-33,36H,9,12,15,17-20H2,1-6H3,(H,34,37)/t24-,25-,26+/m0/s1. The molecular formula is C31H46N4O4. The molecule has 214 valence electrons. The fourth-order valence-electron chi connectivity index (χ4n) is 4.73. The van der Waals surface area contributed by atoms with Crippen LogP contribution in [0.25, 0.3) is 10.8 Å². The van der Waals surface area contributed by atoms with Crippen molar-refractivity contribution in [2.24, 2.45) is 10.8 Å². The Labute approximate surface area is 232 Å². The Hall–Kier alpha value is -2.81. The Morgan fingerprint density at radius 2 is 1.72 bits per heavy atom. The third-order valence-electron chi connectivity index (χ3n) is 6.86. The molecule has 0 aliphatic carbocycles. The highest BCUT2D eigenvalue weighted by Crippen LogP contribution is 2.25. The van der Waals surface area contributed by atoms with E-state index in [0.29, 0.717) is 19.5 Å². The van der Waals surface area contributed by atoms with Crippen molar-refractivity contribution < 1.29 is 19.5 Å². The maximum absolute atomic E-state index is 13.8. The Morgan fingerprint density at radius 3 is 2.33 bits per heavy atom. The van der Waals surface area contributed by atoms with Gasteiger partial charge in [0.05, 0.1) is 12.1 Å². The molecule has 1 aliphatic rings. The minimum absolute atomic E-state index is 0.0115. The first-order chi connectivity index (χ1) is 18.3. The van der Waals surface area contributed by atoms with E-state index in [0.717, 1.165) is 29.3 Å². The van der Waals surface area contributed by atoms with Crippen LogP contribution in [-0.2, 0) is 20.8 Å². The lowest BCUT2D eigenvalue weighted by Gasteiger charge is -2.35. The number of amides is 3. The average Bonchev–Trinajstić information content (AvgIpc) is 3.40. The molecule has 1 fully saturated rings. The van der Waals surface area contributed by atoms with Gasteiger partial charge in [-0.2, -0.15) is 0 Å². The SMILES string of the molecule is CC(C)(C)CNC[C@H](O)CNC(=O)[C@@H](Cc1ccc2ccccc2c1)N(C(=O)[C@@H]1CCCN1)C(=O)C(C)(C)C. The Morgan fingerprint density at radius 1 is 1.03 bits per heavy atom. The summed E-state index contributed by atoms with van der Waals surface area (Å²) in [5.74, 6) is -1.22. The van der Waals surface area contributed by atoms with Gasteiger partial charge >= 0.3 is 0 Å². The van der Waals surface area contributed by atoms with Gasteiger partial charge in [-0.15, -0.1) is 0 Å². The Kier molecular flexibility index (Phi) is 10.3. The maximum atomic E-state index is 13.8. The Bertz CT molecular complexity index is 1150. The number of nitrogens with one attached hydrogen (secondary N) is 3.